The molecule has 0 bridgehead atoms. The van der Waals surface area contributed by atoms with Gasteiger partial charge >= 0.3 is 6.09 Å². The third kappa shape index (κ3) is 8.66. The van der Waals surface area contributed by atoms with Gasteiger partial charge in [0.2, 0.25) is 27.7 Å². The van der Waals surface area contributed by atoms with Gasteiger partial charge < -0.3 is 29.3 Å². The number of alkyl carbamates (subject to hydrolysis) is 1. The minimum absolute atomic E-state index is 0.00694. The highest BCUT2D eigenvalue weighted by Gasteiger charge is 2.54. The van der Waals surface area contributed by atoms with Crippen molar-refractivity contribution in [3.8, 4) is 11.6 Å². The molecule has 2 aliphatic carbocycles. The molecule has 290 valence electrons. The first-order chi connectivity index (χ1) is 24.6. The van der Waals surface area contributed by atoms with Gasteiger partial charge in [0.05, 0.1) is 25.1 Å². The highest BCUT2D eigenvalue weighted by atomic mass is 35.5. The van der Waals surface area contributed by atoms with Crippen LogP contribution in [0, 0.1) is 5.41 Å². The van der Waals surface area contributed by atoms with E-state index in [4.69, 9.17) is 25.8 Å². The number of methoxy groups -OCH3 is 1. The van der Waals surface area contributed by atoms with Crippen molar-refractivity contribution in [2.45, 2.75) is 115 Å². The van der Waals surface area contributed by atoms with E-state index in [2.05, 4.69) is 21.6 Å². The fourth-order valence-corrected chi connectivity index (χ4v) is 8.45. The summed E-state index contributed by atoms with van der Waals surface area (Å²) < 4.78 is 45.4. The zero-order chi connectivity index (χ0) is 39.3. The molecule has 0 radical (unpaired) electrons. The van der Waals surface area contributed by atoms with E-state index in [9.17, 15) is 27.6 Å². The minimum Gasteiger partial charge on any atom is -0.494 e. The Morgan fingerprint density at radius 1 is 1.11 bits per heavy atom. The smallest absolute Gasteiger partial charge is 0.408 e. The van der Waals surface area contributed by atoms with Gasteiger partial charge in [-0.1, -0.05) is 44.5 Å². The molecule has 4 atom stereocenters. The summed E-state index contributed by atoms with van der Waals surface area (Å²) in [7, 11) is -0.969. The van der Waals surface area contributed by atoms with E-state index in [1.54, 1.807) is 59.7 Å². The first kappa shape index (κ1) is 40.1. The summed E-state index contributed by atoms with van der Waals surface area (Å²) in [6, 6.07) is 2.86. The van der Waals surface area contributed by atoms with E-state index in [0.717, 1.165) is 0 Å². The van der Waals surface area contributed by atoms with Crippen LogP contribution in [0.1, 0.15) is 80.1 Å². The number of sulfonamides is 1. The van der Waals surface area contributed by atoms with Crippen molar-refractivity contribution < 1.29 is 41.8 Å². The monoisotopic (exact) mass is 775 g/mol. The highest BCUT2D eigenvalue weighted by molar-refractivity contribution is 7.91. The molecule has 1 aromatic heterocycles. The van der Waals surface area contributed by atoms with Crippen LogP contribution in [0.4, 0.5) is 4.79 Å². The first-order valence-electron chi connectivity index (χ1n) is 17.7. The van der Waals surface area contributed by atoms with Crippen molar-refractivity contribution in [2.75, 3.05) is 20.7 Å². The van der Waals surface area contributed by atoms with Gasteiger partial charge in [-0.2, -0.15) is 0 Å². The van der Waals surface area contributed by atoms with Gasteiger partial charge in [0, 0.05) is 35.7 Å². The number of nitrogens with zero attached hydrogens (tertiary/aromatic N) is 3. The molecule has 2 aromatic rings. The summed E-state index contributed by atoms with van der Waals surface area (Å²) in [5.41, 5.74) is -2.55. The number of fused-ring (bicyclic) bond motifs is 1. The van der Waals surface area contributed by atoms with Crippen LogP contribution in [0.25, 0.3) is 10.8 Å². The predicted octanol–water partition coefficient (Wildman–Crippen LogP) is 4.73. The molecule has 3 fully saturated rings. The van der Waals surface area contributed by atoms with Crippen LogP contribution in [0.2, 0.25) is 5.02 Å². The Morgan fingerprint density at radius 2 is 1.79 bits per heavy atom. The van der Waals surface area contributed by atoms with Crippen LogP contribution in [0.3, 0.4) is 0 Å². The van der Waals surface area contributed by atoms with Crippen molar-refractivity contribution in [3.05, 3.63) is 41.6 Å². The molecule has 0 spiro atoms. The molecule has 1 saturated heterocycles. The summed E-state index contributed by atoms with van der Waals surface area (Å²) in [6.07, 6.45) is 1.42. The number of halogens is 1. The fourth-order valence-electron chi connectivity index (χ4n) is 6.91. The Balaban J connectivity index is 1.51. The average molecular weight is 776 g/mol. The number of hydrogen-bond donors (Lipinski definition) is 2. The third-order valence-corrected chi connectivity index (χ3v) is 12.0. The molecular formula is C37H50ClN5O9S. The van der Waals surface area contributed by atoms with E-state index >= 15 is 0 Å². The fraction of sp³-hybridized carbons (Fsp3) is 0.595. The second kappa shape index (κ2) is 14.6. The van der Waals surface area contributed by atoms with Gasteiger partial charge in [-0.25, -0.2) is 18.2 Å². The van der Waals surface area contributed by atoms with Gasteiger partial charge in [-0.15, -0.1) is 0 Å². The molecule has 16 heteroatoms. The van der Waals surface area contributed by atoms with E-state index in [-0.39, 0.29) is 31.7 Å². The van der Waals surface area contributed by atoms with Gasteiger partial charge in [-0.3, -0.25) is 19.1 Å². The Kier molecular flexibility index (Phi) is 11.1. The summed E-state index contributed by atoms with van der Waals surface area (Å²) in [6.45, 7) is 14.4. The third-order valence-electron chi connectivity index (χ3n) is 9.91. The maximum atomic E-state index is 14.8. The molecule has 2 saturated carbocycles. The van der Waals surface area contributed by atoms with Crippen LogP contribution in [0.15, 0.2) is 36.5 Å². The van der Waals surface area contributed by atoms with Gasteiger partial charge in [-0.05, 0) is 70.1 Å². The molecule has 5 rings (SSSR count). The number of aromatic nitrogens is 1. The lowest BCUT2D eigenvalue weighted by atomic mass is 9.85. The number of carbonyl (C=O) groups is 4. The van der Waals surface area contributed by atoms with Gasteiger partial charge in [0.1, 0.15) is 35.1 Å². The molecule has 53 heavy (non-hydrogen) atoms. The van der Waals surface area contributed by atoms with Crippen molar-refractivity contribution in [3.63, 3.8) is 0 Å². The lowest BCUT2D eigenvalue weighted by Crippen LogP contribution is -2.63. The van der Waals surface area contributed by atoms with Gasteiger partial charge in [0.25, 0.3) is 5.91 Å². The van der Waals surface area contributed by atoms with Crippen molar-refractivity contribution in [2.24, 2.45) is 5.41 Å². The molecule has 1 aromatic carbocycles. The van der Waals surface area contributed by atoms with Crippen LogP contribution < -0.4 is 19.5 Å². The topological polar surface area (TPSA) is 174 Å². The normalized spacial score (nSPS) is 22.7. The van der Waals surface area contributed by atoms with E-state index in [0.29, 0.717) is 46.4 Å². The van der Waals surface area contributed by atoms with Crippen molar-refractivity contribution >= 4 is 56.2 Å². The van der Waals surface area contributed by atoms with Gasteiger partial charge in [0.15, 0.2) is 0 Å². The number of hydrogen-bond acceptors (Lipinski definition) is 10. The van der Waals surface area contributed by atoms with E-state index < -0.39 is 73.8 Å². The maximum absolute atomic E-state index is 14.8. The number of amides is 4. The summed E-state index contributed by atoms with van der Waals surface area (Å²) >= 11 is 6.35. The summed E-state index contributed by atoms with van der Waals surface area (Å²) in [5, 5.41) is 3.73. The lowest BCUT2D eigenvalue weighted by Gasteiger charge is -2.40. The SMILES string of the molecule is C=C1CC[C@@](C(=O)NS(=O)(=O)C2CC2)(N(C)C(=O)[C@@H]2C[C@@H](Oc3ncc(OC)c4ccc(Cl)cc34)CN2C(=O)[C@@H](NC(=O)OC(C)(C)C)C(C)(C)C)C1. The minimum atomic E-state index is -3.93. The van der Waals surface area contributed by atoms with Crippen LogP contribution in [0.5, 0.6) is 11.6 Å². The Labute approximate surface area is 316 Å². The molecule has 0 unspecified atom stereocenters. The zero-order valence-electron chi connectivity index (χ0n) is 31.6. The van der Waals surface area contributed by atoms with Crippen LogP contribution in [-0.2, 0) is 29.1 Å². The summed E-state index contributed by atoms with van der Waals surface area (Å²) in [4.78, 5) is 63.4. The number of likely N-dealkylation sites (tertiary alicyclic amines) is 1. The quantitative estimate of drug-likeness (QED) is 0.322. The van der Waals surface area contributed by atoms with E-state index in [1.165, 1.54) is 30.2 Å². The molecule has 2 N–H and O–H groups in total. The lowest BCUT2D eigenvalue weighted by molar-refractivity contribution is -0.152. The number of benzene rings is 1. The Morgan fingerprint density at radius 3 is 2.36 bits per heavy atom. The molecule has 4 amide bonds. The molecule has 14 nitrogen and oxygen atoms in total. The standard InChI is InChI=1S/C37H50ClN5O9S/c1-21-14-15-37(18-21,33(46)41-53(48,49)24-11-12-24)42(8)31(44)27-17-23(51-30-26-16-22(38)10-13-25(26)28(50-9)19-39-30)20-43(27)32(45)29(35(2,3)4)40-34(47)52-36(5,6)7/h10,13,16,19,23-24,27,29H,1,11-12,14-15,17-18,20H2,2-9H3,(H,40,47)(H,41,46)/t23-,27+,29-,37-/m1/s1. The number of rotatable bonds is 10. The molecular weight excluding hydrogens is 726 g/mol. The van der Waals surface area contributed by atoms with Crippen molar-refractivity contribution in [1.29, 1.82) is 0 Å². The second-order valence-corrected chi connectivity index (χ2v) is 18.7. The first-order valence-corrected chi connectivity index (χ1v) is 19.6. The maximum Gasteiger partial charge on any atom is 0.408 e. The average Bonchev–Trinajstić information content (AvgIpc) is 3.73. The molecule has 3 aliphatic rings. The Hall–Kier alpha value is -4.11. The summed E-state index contributed by atoms with van der Waals surface area (Å²) in [5.74, 6) is -1.28. The number of likely N-dealkylation sites (N-methyl/N-ethyl adjacent to an activating group) is 1. The number of ether oxygens (including phenoxy) is 3. The van der Waals surface area contributed by atoms with Crippen LogP contribution in [-0.4, -0.2) is 102 Å². The van der Waals surface area contributed by atoms with Crippen molar-refractivity contribution in [1.82, 2.24) is 24.8 Å². The molecule has 1 aliphatic heterocycles. The highest BCUT2D eigenvalue weighted by Crippen LogP contribution is 2.41. The zero-order valence-corrected chi connectivity index (χ0v) is 33.2. The second-order valence-electron chi connectivity index (χ2n) is 16.3. The Bertz CT molecular complexity index is 1920. The largest absolute Gasteiger partial charge is 0.494 e. The number of pyridine rings is 1. The number of nitrogens with one attached hydrogen (secondary N) is 2. The number of carbonyl (C=O) groups excluding carboxylic acids is 4. The van der Waals surface area contributed by atoms with Crippen LogP contribution >= 0.6 is 11.6 Å². The predicted molar refractivity (Wildman–Crippen MR) is 199 cm³/mol. The van der Waals surface area contributed by atoms with E-state index in [1.807, 2.05) is 0 Å². The molecule has 2 heterocycles.